The van der Waals surface area contributed by atoms with Gasteiger partial charge in [0.05, 0.1) is 7.05 Å². The molecule has 0 aliphatic heterocycles. The molecule has 2 aromatic carbocycles. The van der Waals surface area contributed by atoms with Crippen LogP contribution in [-0.4, -0.2) is 19.0 Å². The zero-order valence-corrected chi connectivity index (χ0v) is 12.0. The Morgan fingerprint density at radius 2 is 1.60 bits per heavy atom. The van der Waals surface area contributed by atoms with Gasteiger partial charge >= 0.3 is 0 Å². The number of likely N-dealkylation sites (N-methyl/N-ethyl adjacent to an activating group) is 1. The first-order chi connectivity index (χ1) is 9.66. The van der Waals surface area contributed by atoms with E-state index >= 15 is 0 Å². The number of benzene rings is 2. The van der Waals surface area contributed by atoms with Crippen LogP contribution in [-0.2, 0) is 11.3 Å². The molecule has 20 heavy (non-hydrogen) atoms. The molecule has 0 saturated heterocycles. The van der Waals surface area contributed by atoms with Crippen molar-refractivity contribution in [2.45, 2.75) is 19.5 Å². The Hall–Kier alpha value is -2.13. The van der Waals surface area contributed by atoms with Gasteiger partial charge < -0.3 is 10.2 Å². The van der Waals surface area contributed by atoms with Gasteiger partial charge in [0.15, 0.2) is 6.04 Å². The standard InChI is InChI=1S/C17H20N2O/c1-14(17(20)18-16-11-7-4-8-12-16)19(2)13-15-9-5-3-6-10-15/h3-12,14H,13H2,1-2H3,(H,18,20)/p+1/t14-/m1/s1. The summed E-state index contributed by atoms with van der Waals surface area (Å²) in [5.74, 6) is 0.0460. The molecule has 0 saturated carbocycles. The quantitative estimate of drug-likeness (QED) is 0.851. The van der Waals surface area contributed by atoms with Gasteiger partial charge in [0.2, 0.25) is 0 Å². The van der Waals surface area contributed by atoms with Crippen LogP contribution in [0.1, 0.15) is 12.5 Å². The summed E-state index contributed by atoms with van der Waals surface area (Å²) in [6, 6.07) is 19.7. The Balaban J connectivity index is 1.93. The number of hydrogen-bond acceptors (Lipinski definition) is 1. The van der Waals surface area contributed by atoms with E-state index in [1.54, 1.807) is 0 Å². The Morgan fingerprint density at radius 1 is 1.05 bits per heavy atom. The predicted molar refractivity (Wildman–Crippen MR) is 81.6 cm³/mol. The molecule has 104 valence electrons. The smallest absolute Gasteiger partial charge is 0.282 e. The number of carbonyl (C=O) groups excluding carboxylic acids is 1. The Morgan fingerprint density at radius 3 is 2.20 bits per heavy atom. The minimum absolute atomic E-state index is 0.0460. The topological polar surface area (TPSA) is 33.5 Å². The lowest BCUT2D eigenvalue weighted by Crippen LogP contribution is -3.12. The maximum Gasteiger partial charge on any atom is 0.282 e. The molecule has 2 aromatic rings. The van der Waals surface area contributed by atoms with E-state index in [4.69, 9.17) is 0 Å². The first kappa shape index (κ1) is 14.3. The fourth-order valence-electron chi connectivity index (χ4n) is 2.07. The third-order valence-corrected chi connectivity index (χ3v) is 3.50. The second kappa shape index (κ2) is 6.87. The highest BCUT2D eigenvalue weighted by atomic mass is 16.2. The van der Waals surface area contributed by atoms with Gasteiger partial charge in [0, 0.05) is 11.3 Å². The van der Waals surface area contributed by atoms with Crippen LogP contribution in [0.2, 0.25) is 0 Å². The van der Waals surface area contributed by atoms with Gasteiger partial charge in [-0.3, -0.25) is 4.79 Å². The van der Waals surface area contributed by atoms with Crippen molar-refractivity contribution < 1.29 is 9.69 Å². The van der Waals surface area contributed by atoms with E-state index in [9.17, 15) is 4.79 Å². The number of nitrogens with one attached hydrogen (secondary N) is 2. The van der Waals surface area contributed by atoms with Crippen molar-refractivity contribution >= 4 is 11.6 Å². The molecule has 3 heteroatoms. The van der Waals surface area contributed by atoms with Crippen LogP contribution in [0, 0.1) is 0 Å². The lowest BCUT2D eigenvalue weighted by atomic mass is 10.2. The largest absolute Gasteiger partial charge is 0.324 e. The van der Waals surface area contributed by atoms with E-state index in [1.807, 2.05) is 62.5 Å². The van der Waals surface area contributed by atoms with Crippen LogP contribution < -0.4 is 10.2 Å². The van der Waals surface area contributed by atoms with E-state index in [1.165, 1.54) is 10.5 Å². The van der Waals surface area contributed by atoms with E-state index in [2.05, 4.69) is 17.4 Å². The Labute approximate surface area is 120 Å². The second-order valence-electron chi connectivity index (χ2n) is 5.09. The highest BCUT2D eigenvalue weighted by Crippen LogP contribution is 2.05. The second-order valence-corrected chi connectivity index (χ2v) is 5.09. The van der Waals surface area contributed by atoms with Crippen molar-refractivity contribution in [3.8, 4) is 0 Å². The summed E-state index contributed by atoms with van der Waals surface area (Å²) in [6.07, 6.45) is 0. The van der Waals surface area contributed by atoms with Crippen molar-refractivity contribution in [3.05, 3.63) is 66.2 Å². The van der Waals surface area contributed by atoms with Gasteiger partial charge in [-0.15, -0.1) is 0 Å². The summed E-state index contributed by atoms with van der Waals surface area (Å²) in [7, 11) is 2.04. The first-order valence-corrected chi connectivity index (χ1v) is 6.89. The molecule has 0 fully saturated rings. The van der Waals surface area contributed by atoms with Crippen molar-refractivity contribution in [2.24, 2.45) is 0 Å². The van der Waals surface area contributed by atoms with Gasteiger partial charge in [0.25, 0.3) is 5.91 Å². The number of hydrogen-bond donors (Lipinski definition) is 2. The van der Waals surface area contributed by atoms with Gasteiger partial charge in [-0.1, -0.05) is 48.5 Å². The molecule has 3 nitrogen and oxygen atoms in total. The van der Waals surface area contributed by atoms with Crippen LogP contribution in [0.5, 0.6) is 0 Å². The number of carbonyl (C=O) groups is 1. The van der Waals surface area contributed by atoms with Gasteiger partial charge in [-0.05, 0) is 19.1 Å². The first-order valence-electron chi connectivity index (χ1n) is 6.89. The van der Waals surface area contributed by atoms with Crippen LogP contribution >= 0.6 is 0 Å². The maximum absolute atomic E-state index is 12.2. The number of rotatable bonds is 5. The molecular formula is C17H21N2O+. The van der Waals surface area contributed by atoms with E-state index in [0.717, 1.165) is 12.2 Å². The van der Waals surface area contributed by atoms with Crippen molar-refractivity contribution in [2.75, 3.05) is 12.4 Å². The third kappa shape index (κ3) is 3.93. The summed E-state index contributed by atoms with van der Waals surface area (Å²) in [5.41, 5.74) is 2.08. The van der Waals surface area contributed by atoms with E-state index < -0.39 is 0 Å². The third-order valence-electron chi connectivity index (χ3n) is 3.50. The Kier molecular flexibility index (Phi) is 4.91. The number of anilines is 1. The zero-order chi connectivity index (χ0) is 14.4. The highest BCUT2D eigenvalue weighted by molar-refractivity contribution is 5.93. The van der Waals surface area contributed by atoms with Crippen LogP contribution in [0.15, 0.2) is 60.7 Å². The average molecular weight is 269 g/mol. The van der Waals surface area contributed by atoms with Gasteiger partial charge in [0.1, 0.15) is 6.54 Å². The summed E-state index contributed by atoms with van der Waals surface area (Å²) < 4.78 is 0. The molecule has 2 N–H and O–H groups in total. The normalized spacial score (nSPS) is 13.5. The van der Waals surface area contributed by atoms with Crippen molar-refractivity contribution in [1.29, 1.82) is 0 Å². The number of quaternary nitrogens is 1. The molecule has 0 aliphatic carbocycles. The lowest BCUT2D eigenvalue weighted by Gasteiger charge is -2.21. The maximum atomic E-state index is 12.2. The molecule has 0 spiro atoms. The summed E-state index contributed by atoms with van der Waals surface area (Å²) in [6.45, 7) is 2.79. The molecular weight excluding hydrogens is 248 g/mol. The average Bonchev–Trinajstić information content (AvgIpc) is 2.48. The van der Waals surface area contributed by atoms with E-state index in [0.29, 0.717) is 0 Å². The zero-order valence-electron chi connectivity index (χ0n) is 12.0. The molecule has 0 heterocycles. The van der Waals surface area contributed by atoms with Crippen LogP contribution in [0.4, 0.5) is 5.69 Å². The monoisotopic (exact) mass is 269 g/mol. The molecule has 0 bridgehead atoms. The summed E-state index contributed by atoms with van der Waals surface area (Å²) >= 11 is 0. The number of amides is 1. The van der Waals surface area contributed by atoms with Crippen LogP contribution in [0.25, 0.3) is 0 Å². The molecule has 0 radical (unpaired) electrons. The van der Waals surface area contributed by atoms with E-state index in [-0.39, 0.29) is 11.9 Å². The predicted octanol–water partition coefficient (Wildman–Crippen LogP) is 1.73. The van der Waals surface area contributed by atoms with Gasteiger partial charge in [-0.2, -0.15) is 0 Å². The van der Waals surface area contributed by atoms with Gasteiger partial charge in [-0.25, -0.2) is 0 Å². The highest BCUT2D eigenvalue weighted by Gasteiger charge is 2.21. The molecule has 0 aliphatic rings. The number of para-hydroxylation sites is 1. The summed E-state index contributed by atoms with van der Waals surface area (Å²) in [5, 5.41) is 2.95. The molecule has 1 amide bonds. The minimum Gasteiger partial charge on any atom is -0.324 e. The fraction of sp³-hybridized carbons (Fsp3) is 0.235. The molecule has 2 atom stereocenters. The molecule has 1 unspecified atom stereocenters. The van der Waals surface area contributed by atoms with Crippen LogP contribution in [0.3, 0.4) is 0 Å². The van der Waals surface area contributed by atoms with Crippen molar-refractivity contribution in [3.63, 3.8) is 0 Å². The Bertz CT molecular complexity index is 539. The fourth-order valence-corrected chi connectivity index (χ4v) is 2.07. The SMILES string of the molecule is C[C@H](C(=O)Nc1ccccc1)[NH+](C)Cc1ccccc1. The molecule has 0 aromatic heterocycles. The lowest BCUT2D eigenvalue weighted by molar-refractivity contribution is -0.907. The summed E-state index contributed by atoms with van der Waals surface area (Å²) in [4.78, 5) is 13.4. The van der Waals surface area contributed by atoms with Crippen molar-refractivity contribution in [1.82, 2.24) is 0 Å². The molecule has 2 rings (SSSR count). The minimum atomic E-state index is -0.101.